The number of nitrogens with one attached hydrogen (secondary N) is 5. The molecule has 0 unspecified atom stereocenters. The van der Waals surface area contributed by atoms with Gasteiger partial charge in [-0.05, 0) is 26.3 Å². The van der Waals surface area contributed by atoms with Gasteiger partial charge in [0.25, 0.3) is 0 Å². The number of carbonyl (C=O) groups excluding carboxylic acids is 5. The summed E-state index contributed by atoms with van der Waals surface area (Å²) in [4.78, 5) is 96.8. The van der Waals surface area contributed by atoms with Crippen molar-refractivity contribution in [1.29, 1.82) is 0 Å². The predicted molar refractivity (Wildman–Crippen MR) is 153 cm³/mol. The molecule has 0 fully saturated rings. The van der Waals surface area contributed by atoms with E-state index in [0.717, 1.165) is 6.92 Å². The standard InChI is InChI=1S/C27H38N6O12/c1-12(30-25(42)18(11-20(37)38)32-24(41)16(28)10-19(35)36)22(39)29-13(2)23(40)31-17(9-15-7-5-4-6-8-15)26(43)33-21(14(3)34)27(44)45/h4-8,12-14,16-18,21,34H,9-11,28H2,1-3H3,(H,29,39)(H,30,42)(H,31,40)(H,32,41)(H,33,43)(H,35,36)(H,37,38)(H,44,45)/t12-,13-,14+,16-,17-,18-,21-/m0/s1. The summed E-state index contributed by atoms with van der Waals surface area (Å²) in [5, 5.41) is 48.0. The zero-order chi connectivity index (χ0) is 34.4. The molecule has 248 valence electrons. The topological polar surface area (TPSA) is 304 Å². The van der Waals surface area contributed by atoms with E-state index in [9.17, 15) is 48.6 Å². The summed E-state index contributed by atoms with van der Waals surface area (Å²) >= 11 is 0. The smallest absolute Gasteiger partial charge is 0.328 e. The van der Waals surface area contributed by atoms with Gasteiger partial charge in [0, 0.05) is 6.42 Å². The molecule has 0 spiro atoms. The van der Waals surface area contributed by atoms with Gasteiger partial charge in [-0.2, -0.15) is 0 Å². The van der Waals surface area contributed by atoms with Crippen LogP contribution in [0.2, 0.25) is 0 Å². The van der Waals surface area contributed by atoms with Crippen molar-refractivity contribution in [3.63, 3.8) is 0 Å². The minimum atomic E-state index is -1.72. The first kappa shape index (κ1) is 37.9. The number of carbonyl (C=O) groups is 8. The third-order valence-electron chi connectivity index (χ3n) is 6.21. The third kappa shape index (κ3) is 13.4. The molecule has 5 amide bonds. The highest BCUT2D eigenvalue weighted by Crippen LogP contribution is 2.06. The van der Waals surface area contributed by atoms with Crippen molar-refractivity contribution in [2.24, 2.45) is 5.73 Å². The first-order chi connectivity index (χ1) is 20.9. The molecule has 0 aliphatic rings. The Morgan fingerprint density at radius 3 is 1.60 bits per heavy atom. The number of nitrogens with two attached hydrogens (primary N) is 1. The zero-order valence-electron chi connectivity index (χ0n) is 24.7. The Hall–Kier alpha value is -5.10. The van der Waals surface area contributed by atoms with Crippen LogP contribution in [0.1, 0.15) is 39.2 Å². The maximum absolute atomic E-state index is 12.9. The second-order valence-corrected chi connectivity index (χ2v) is 10.1. The number of aliphatic carboxylic acids is 3. The molecule has 1 rings (SSSR count). The lowest BCUT2D eigenvalue weighted by Crippen LogP contribution is -2.59. The molecule has 0 aliphatic carbocycles. The molecule has 7 atom stereocenters. The van der Waals surface area contributed by atoms with Crippen LogP contribution in [0.25, 0.3) is 0 Å². The van der Waals surface area contributed by atoms with E-state index >= 15 is 0 Å². The lowest BCUT2D eigenvalue weighted by atomic mass is 10.0. The largest absolute Gasteiger partial charge is 0.481 e. The van der Waals surface area contributed by atoms with Gasteiger partial charge < -0.3 is 52.7 Å². The van der Waals surface area contributed by atoms with E-state index in [1.807, 2.05) is 5.32 Å². The Balaban J connectivity index is 2.94. The summed E-state index contributed by atoms with van der Waals surface area (Å²) in [6.45, 7) is 3.61. The van der Waals surface area contributed by atoms with Crippen LogP contribution >= 0.6 is 0 Å². The fourth-order valence-electron chi connectivity index (χ4n) is 3.73. The monoisotopic (exact) mass is 638 g/mol. The average molecular weight is 639 g/mol. The van der Waals surface area contributed by atoms with Gasteiger partial charge in [0.2, 0.25) is 29.5 Å². The molecular formula is C27H38N6O12. The zero-order valence-corrected chi connectivity index (χ0v) is 24.7. The molecule has 11 N–H and O–H groups in total. The van der Waals surface area contributed by atoms with Gasteiger partial charge in [-0.1, -0.05) is 30.3 Å². The molecule has 0 saturated carbocycles. The minimum Gasteiger partial charge on any atom is -0.481 e. The molecule has 0 aliphatic heterocycles. The Kier molecular flexibility index (Phi) is 15.1. The van der Waals surface area contributed by atoms with Crippen molar-refractivity contribution < 1.29 is 58.8 Å². The van der Waals surface area contributed by atoms with E-state index in [2.05, 4.69) is 21.3 Å². The van der Waals surface area contributed by atoms with Crippen molar-refractivity contribution in [3.8, 4) is 0 Å². The number of carboxylic acid groups (broad SMARTS) is 3. The number of hydrogen-bond acceptors (Lipinski definition) is 10. The second-order valence-electron chi connectivity index (χ2n) is 10.1. The van der Waals surface area contributed by atoms with Crippen LogP contribution in [0.15, 0.2) is 30.3 Å². The van der Waals surface area contributed by atoms with Crippen LogP contribution in [-0.4, -0.2) is 110 Å². The molecule has 0 aromatic heterocycles. The third-order valence-corrected chi connectivity index (χ3v) is 6.21. The number of rotatable bonds is 18. The Morgan fingerprint density at radius 2 is 1.11 bits per heavy atom. The van der Waals surface area contributed by atoms with Crippen molar-refractivity contribution >= 4 is 47.4 Å². The van der Waals surface area contributed by atoms with Crippen molar-refractivity contribution in [3.05, 3.63) is 35.9 Å². The Bertz CT molecular complexity index is 1260. The molecule has 18 nitrogen and oxygen atoms in total. The van der Waals surface area contributed by atoms with Gasteiger partial charge in [-0.15, -0.1) is 0 Å². The van der Waals surface area contributed by atoms with Crippen LogP contribution in [0.3, 0.4) is 0 Å². The normalized spacial score (nSPS) is 15.4. The van der Waals surface area contributed by atoms with E-state index in [-0.39, 0.29) is 6.42 Å². The molecule has 18 heteroatoms. The maximum atomic E-state index is 12.9. The summed E-state index contributed by atoms with van der Waals surface area (Å²) in [5.74, 6) is -9.35. The number of amides is 5. The fraction of sp³-hybridized carbons (Fsp3) is 0.481. The predicted octanol–water partition coefficient (Wildman–Crippen LogP) is -3.56. The summed E-state index contributed by atoms with van der Waals surface area (Å²) in [5.41, 5.74) is 6.04. The lowest BCUT2D eigenvalue weighted by Gasteiger charge is -2.25. The van der Waals surface area contributed by atoms with Crippen molar-refractivity contribution in [2.75, 3.05) is 0 Å². The fourth-order valence-corrected chi connectivity index (χ4v) is 3.73. The van der Waals surface area contributed by atoms with Gasteiger partial charge >= 0.3 is 17.9 Å². The van der Waals surface area contributed by atoms with E-state index < -0.39 is 103 Å². The summed E-state index contributed by atoms with van der Waals surface area (Å²) < 4.78 is 0. The first-order valence-electron chi connectivity index (χ1n) is 13.6. The first-order valence-corrected chi connectivity index (χ1v) is 13.6. The quantitative estimate of drug-likeness (QED) is 0.0745. The minimum absolute atomic E-state index is 0.0789. The second kappa shape index (κ2) is 17.9. The average Bonchev–Trinajstić information content (AvgIpc) is 2.94. The summed E-state index contributed by atoms with van der Waals surface area (Å²) in [6, 6.07) is -0.597. The van der Waals surface area contributed by atoms with E-state index in [1.165, 1.54) is 13.8 Å². The number of benzene rings is 1. The maximum Gasteiger partial charge on any atom is 0.328 e. The number of aliphatic hydroxyl groups is 1. The highest BCUT2D eigenvalue weighted by Gasteiger charge is 2.32. The van der Waals surface area contributed by atoms with E-state index in [4.69, 9.17) is 15.9 Å². The van der Waals surface area contributed by atoms with Crippen LogP contribution in [-0.2, 0) is 44.8 Å². The number of aliphatic hydroxyl groups excluding tert-OH is 1. The highest BCUT2D eigenvalue weighted by molar-refractivity contribution is 5.97. The molecule has 0 heterocycles. The molecule has 0 radical (unpaired) electrons. The Morgan fingerprint density at radius 1 is 0.644 bits per heavy atom. The summed E-state index contributed by atoms with van der Waals surface area (Å²) in [7, 11) is 0. The number of carboxylic acids is 3. The van der Waals surface area contributed by atoms with Gasteiger partial charge in [-0.25, -0.2) is 4.79 Å². The molecule has 1 aromatic rings. The highest BCUT2D eigenvalue weighted by atomic mass is 16.4. The molecule has 0 bridgehead atoms. The van der Waals surface area contributed by atoms with Crippen LogP contribution < -0.4 is 32.3 Å². The lowest BCUT2D eigenvalue weighted by molar-refractivity contribution is -0.145. The number of hydrogen-bond donors (Lipinski definition) is 10. The molecule has 45 heavy (non-hydrogen) atoms. The van der Waals surface area contributed by atoms with Crippen LogP contribution in [0.4, 0.5) is 0 Å². The van der Waals surface area contributed by atoms with Crippen molar-refractivity contribution in [2.45, 2.75) is 82.4 Å². The van der Waals surface area contributed by atoms with Gasteiger partial charge in [0.05, 0.1) is 25.0 Å². The molecule has 0 saturated heterocycles. The van der Waals surface area contributed by atoms with E-state index in [1.54, 1.807) is 30.3 Å². The Labute approximate surface area is 257 Å². The van der Waals surface area contributed by atoms with E-state index in [0.29, 0.717) is 5.56 Å². The summed E-state index contributed by atoms with van der Waals surface area (Å²) in [6.07, 6.45) is -3.25. The SMILES string of the molecule is C[C@H](NC(=O)[C@H](C)NC(=O)[C@H](CC(=O)O)NC(=O)[C@@H](N)CC(=O)O)C(=O)N[C@@H](Cc1ccccc1)C(=O)N[C@H](C(=O)O)[C@@H](C)O. The van der Waals surface area contributed by atoms with Crippen molar-refractivity contribution in [1.82, 2.24) is 26.6 Å². The van der Waals surface area contributed by atoms with Crippen LogP contribution in [0.5, 0.6) is 0 Å². The van der Waals surface area contributed by atoms with Gasteiger partial charge in [0.15, 0.2) is 6.04 Å². The van der Waals surface area contributed by atoms with Crippen LogP contribution in [0, 0.1) is 0 Å². The van der Waals surface area contributed by atoms with Gasteiger partial charge in [0.1, 0.15) is 24.2 Å². The van der Waals surface area contributed by atoms with Gasteiger partial charge in [-0.3, -0.25) is 33.6 Å². The molecular weight excluding hydrogens is 600 g/mol. The molecule has 1 aromatic carbocycles.